The zero-order valence-electron chi connectivity index (χ0n) is 9.17. The van der Waals surface area contributed by atoms with Gasteiger partial charge in [-0.3, -0.25) is 4.90 Å². The molecule has 5 heteroatoms. The van der Waals surface area contributed by atoms with Gasteiger partial charge >= 0.3 is 6.18 Å². The molecule has 1 saturated heterocycles. The average molecular weight is 308 g/mol. The molecule has 1 fully saturated rings. The Balaban J connectivity index is 1.99. The largest absolute Gasteiger partial charge is 0.416 e. The van der Waals surface area contributed by atoms with Gasteiger partial charge in [-0.15, -0.1) is 0 Å². The molecule has 0 saturated carbocycles. The second kappa shape index (κ2) is 4.98. The van der Waals surface area contributed by atoms with Crippen LogP contribution in [0.15, 0.2) is 24.3 Å². The second-order valence-corrected chi connectivity index (χ2v) is 5.61. The third-order valence-corrected chi connectivity index (χ3v) is 3.65. The minimum absolute atomic E-state index is 0.511. The minimum atomic E-state index is -4.24. The third-order valence-electron chi connectivity index (χ3n) is 2.90. The Morgan fingerprint density at radius 3 is 2.35 bits per heavy atom. The molecule has 0 bridgehead atoms. The van der Waals surface area contributed by atoms with E-state index in [1.165, 1.54) is 0 Å². The molecule has 2 rings (SSSR count). The average Bonchev–Trinajstić information content (AvgIpc) is 2.63. The van der Waals surface area contributed by atoms with E-state index in [0.717, 1.165) is 43.8 Å². The maximum Gasteiger partial charge on any atom is 0.416 e. The summed E-state index contributed by atoms with van der Waals surface area (Å²) in [6.07, 6.45) is -3.15. The highest BCUT2D eigenvalue weighted by Crippen LogP contribution is 2.29. The monoisotopic (exact) mass is 307 g/mol. The van der Waals surface area contributed by atoms with Gasteiger partial charge in [0.05, 0.1) is 5.56 Å². The molecular weight excluding hydrogens is 295 g/mol. The molecule has 1 unspecified atom stereocenters. The fraction of sp³-hybridized carbons (Fsp3) is 0.500. The number of nitrogens with zero attached hydrogens (tertiary/aromatic N) is 1. The van der Waals surface area contributed by atoms with Gasteiger partial charge in [-0.2, -0.15) is 13.2 Å². The summed E-state index contributed by atoms with van der Waals surface area (Å²) in [7, 11) is 0. The Labute approximate surface area is 107 Å². The summed E-state index contributed by atoms with van der Waals surface area (Å²) >= 11 is 3.54. The van der Waals surface area contributed by atoms with Gasteiger partial charge in [-0.25, -0.2) is 0 Å². The maximum atomic E-state index is 12.4. The quantitative estimate of drug-likeness (QED) is 0.754. The van der Waals surface area contributed by atoms with E-state index in [0.29, 0.717) is 4.83 Å². The first kappa shape index (κ1) is 12.9. The Hall–Kier alpha value is -0.550. The summed E-state index contributed by atoms with van der Waals surface area (Å²) in [5.74, 6) is 0. The van der Waals surface area contributed by atoms with Crippen molar-refractivity contribution in [2.24, 2.45) is 0 Å². The van der Waals surface area contributed by atoms with Crippen molar-refractivity contribution < 1.29 is 13.2 Å². The van der Waals surface area contributed by atoms with E-state index in [4.69, 9.17) is 0 Å². The van der Waals surface area contributed by atoms with Crippen molar-refractivity contribution in [3.05, 3.63) is 35.4 Å². The summed E-state index contributed by atoms with van der Waals surface area (Å²) < 4.78 is 37.1. The standard InChI is InChI=1S/C12H13BrF3N/c13-11-5-6-17(8-11)7-9-1-3-10(4-2-9)12(14,15)16/h1-4,11H,5-8H2. The Morgan fingerprint density at radius 2 is 1.88 bits per heavy atom. The summed E-state index contributed by atoms with van der Waals surface area (Å²) in [6.45, 7) is 2.68. The van der Waals surface area contributed by atoms with Crippen LogP contribution in [0.2, 0.25) is 0 Å². The molecule has 0 aliphatic carbocycles. The summed E-state index contributed by atoms with van der Waals surface area (Å²) in [6, 6.07) is 5.42. The van der Waals surface area contributed by atoms with E-state index < -0.39 is 11.7 Å². The van der Waals surface area contributed by atoms with E-state index in [1.807, 2.05) is 0 Å². The Morgan fingerprint density at radius 1 is 1.24 bits per heavy atom. The lowest BCUT2D eigenvalue weighted by molar-refractivity contribution is -0.137. The minimum Gasteiger partial charge on any atom is -0.298 e. The summed E-state index contributed by atoms with van der Waals surface area (Å²) in [5.41, 5.74) is 0.348. The number of halogens is 4. The number of rotatable bonds is 2. The van der Waals surface area contributed by atoms with Crippen molar-refractivity contribution >= 4 is 15.9 Å². The zero-order valence-corrected chi connectivity index (χ0v) is 10.8. The number of likely N-dealkylation sites (tertiary alicyclic amines) is 1. The maximum absolute atomic E-state index is 12.4. The van der Waals surface area contributed by atoms with Crippen LogP contribution in [-0.4, -0.2) is 22.8 Å². The highest BCUT2D eigenvalue weighted by molar-refractivity contribution is 9.09. The van der Waals surface area contributed by atoms with Crippen LogP contribution in [0.1, 0.15) is 17.5 Å². The van der Waals surface area contributed by atoms with Gasteiger partial charge in [0.2, 0.25) is 0 Å². The van der Waals surface area contributed by atoms with Crippen LogP contribution in [0.3, 0.4) is 0 Å². The van der Waals surface area contributed by atoms with Crippen LogP contribution in [0, 0.1) is 0 Å². The van der Waals surface area contributed by atoms with Crippen LogP contribution in [-0.2, 0) is 12.7 Å². The van der Waals surface area contributed by atoms with Gasteiger partial charge in [0, 0.05) is 17.9 Å². The molecule has 94 valence electrons. The van der Waals surface area contributed by atoms with Crippen LogP contribution in [0.5, 0.6) is 0 Å². The lowest BCUT2D eigenvalue weighted by Gasteiger charge is -2.15. The molecule has 1 aromatic rings. The lowest BCUT2D eigenvalue weighted by atomic mass is 10.1. The first-order valence-electron chi connectivity index (χ1n) is 5.48. The molecular formula is C12H13BrF3N. The molecule has 1 aromatic carbocycles. The first-order chi connectivity index (χ1) is 7.95. The zero-order chi connectivity index (χ0) is 12.5. The predicted octanol–water partition coefficient (Wildman–Crippen LogP) is 3.67. The highest BCUT2D eigenvalue weighted by atomic mass is 79.9. The molecule has 0 radical (unpaired) electrons. The number of hydrogen-bond donors (Lipinski definition) is 0. The van der Waals surface area contributed by atoms with E-state index in [-0.39, 0.29) is 0 Å². The van der Waals surface area contributed by atoms with Crippen LogP contribution in [0.25, 0.3) is 0 Å². The van der Waals surface area contributed by atoms with Crippen molar-refractivity contribution in [1.29, 1.82) is 0 Å². The molecule has 1 aliphatic rings. The molecule has 1 nitrogen and oxygen atoms in total. The van der Waals surface area contributed by atoms with Crippen molar-refractivity contribution in [2.75, 3.05) is 13.1 Å². The predicted molar refractivity (Wildman–Crippen MR) is 64.1 cm³/mol. The van der Waals surface area contributed by atoms with Gasteiger partial charge in [0.25, 0.3) is 0 Å². The summed E-state index contributed by atoms with van der Waals surface area (Å²) in [4.78, 5) is 2.75. The number of hydrogen-bond acceptors (Lipinski definition) is 1. The fourth-order valence-electron chi connectivity index (χ4n) is 1.99. The van der Waals surface area contributed by atoms with Gasteiger partial charge in [-0.1, -0.05) is 28.1 Å². The van der Waals surface area contributed by atoms with Crippen LogP contribution >= 0.6 is 15.9 Å². The molecule has 17 heavy (non-hydrogen) atoms. The highest BCUT2D eigenvalue weighted by Gasteiger charge is 2.30. The summed E-state index contributed by atoms with van der Waals surface area (Å²) in [5, 5.41) is 0. The third kappa shape index (κ3) is 3.45. The SMILES string of the molecule is FC(F)(F)c1ccc(CN2CCC(Br)C2)cc1. The van der Waals surface area contributed by atoms with Crippen molar-refractivity contribution in [1.82, 2.24) is 4.90 Å². The molecule has 0 amide bonds. The molecule has 1 aliphatic heterocycles. The van der Waals surface area contributed by atoms with Crippen molar-refractivity contribution in [2.45, 2.75) is 24.0 Å². The molecule has 1 atom stereocenters. The Kier molecular flexibility index (Phi) is 3.78. The van der Waals surface area contributed by atoms with E-state index in [9.17, 15) is 13.2 Å². The molecule has 0 N–H and O–H groups in total. The van der Waals surface area contributed by atoms with Crippen molar-refractivity contribution in [3.63, 3.8) is 0 Å². The van der Waals surface area contributed by atoms with Crippen molar-refractivity contribution in [3.8, 4) is 0 Å². The Bertz CT molecular complexity index is 374. The van der Waals surface area contributed by atoms with Crippen LogP contribution < -0.4 is 0 Å². The fourth-order valence-corrected chi connectivity index (χ4v) is 2.60. The second-order valence-electron chi connectivity index (χ2n) is 4.32. The lowest BCUT2D eigenvalue weighted by Crippen LogP contribution is -2.20. The van der Waals surface area contributed by atoms with Gasteiger partial charge in [0.1, 0.15) is 0 Å². The topological polar surface area (TPSA) is 3.24 Å². The van der Waals surface area contributed by atoms with E-state index >= 15 is 0 Å². The van der Waals surface area contributed by atoms with Crippen LogP contribution in [0.4, 0.5) is 13.2 Å². The molecule has 1 heterocycles. The number of benzene rings is 1. The van der Waals surface area contributed by atoms with Gasteiger partial charge in [-0.05, 0) is 30.7 Å². The van der Waals surface area contributed by atoms with Gasteiger partial charge < -0.3 is 0 Å². The van der Waals surface area contributed by atoms with E-state index in [2.05, 4.69) is 20.8 Å². The normalized spacial score (nSPS) is 22.0. The molecule has 0 spiro atoms. The molecule has 0 aromatic heterocycles. The van der Waals surface area contributed by atoms with Gasteiger partial charge in [0.15, 0.2) is 0 Å². The van der Waals surface area contributed by atoms with E-state index in [1.54, 1.807) is 12.1 Å². The first-order valence-corrected chi connectivity index (χ1v) is 6.39. The smallest absolute Gasteiger partial charge is 0.298 e. The number of alkyl halides is 4.